The van der Waals surface area contributed by atoms with Gasteiger partial charge in [0, 0.05) is 6.61 Å². The molecule has 0 aromatic rings. The molecule has 0 saturated heterocycles. The number of ether oxygens (including phenoxy) is 2. The SMILES string of the molecule is CCOC(=O)C(C=[P+]([O-])COS(C)(=O)=O)(CC(C)C)OCC. The monoisotopic (exact) mass is 356 g/mol. The number of rotatable bonds is 10. The minimum Gasteiger partial charge on any atom is -0.629 e. The van der Waals surface area contributed by atoms with Crippen molar-refractivity contribution in [2.75, 3.05) is 25.8 Å². The van der Waals surface area contributed by atoms with Crippen molar-refractivity contribution in [2.24, 2.45) is 5.92 Å². The van der Waals surface area contributed by atoms with Crippen molar-refractivity contribution in [2.45, 2.75) is 39.7 Å². The van der Waals surface area contributed by atoms with Gasteiger partial charge in [-0.3, -0.25) is 0 Å². The van der Waals surface area contributed by atoms with Crippen molar-refractivity contribution in [1.82, 2.24) is 0 Å². The normalized spacial score (nSPS) is 15.7. The van der Waals surface area contributed by atoms with E-state index in [0.29, 0.717) is 0 Å². The molecular weight excluding hydrogens is 331 g/mol. The molecule has 0 aliphatic rings. The zero-order valence-corrected chi connectivity index (χ0v) is 15.4. The molecule has 0 aliphatic heterocycles. The fourth-order valence-corrected chi connectivity index (χ4v) is 3.89. The van der Waals surface area contributed by atoms with Gasteiger partial charge in [-0.15, -0.1) is 0 Å². The van der Waals surface area contributed by atoms with Crippen LogP contribution in [0.2, 0.25) is 0 Å². The first-order valence-electron chi connectivity index (χ1n) is 7.01. The molecule has 0 heterocycles. The first-order chi connectivity index (χ1) is 10.1. The van der Waals surface area contributed by atoms with Gasteiger partial charge in [0.1, 0.15) is 5.80 Å². The molecule has 0 spiro atoms. The Kier molecular flexibility index (Phi) is 9.34. The molecule has 0 bridgehead atoms. The van der Waals surface area contributed by atoms with Crippen molar-refractivity contribution >= 4 is 29.7 Å². The minimum atomic E-state index is -3.70. The Labute approximate surface area is 133 Å². The van der Waals surface area contributed by atoms with Gasteiger partial charge in [0.2, 0.25) is 11.9 Å². The average Bonchev–Trinajstić information content (AvgIpc) is 2.35. The Hall–Kier alpha value is -0.530. The average molecular weight is 356 g/mol. The third-order valence-electron chi connectivity index (χ3n) is 2.48. The van der Waals surface area contributed by atoms with Crippen LogP contribution in [0, 0.1) is 5.92 Å². The van der Waals surface area contributed by atoms with Gasteiger partial charge >= 0.3 is 5.97 Å². The first kappa shape index (κ1) is 21.5. The van der Waals surface area contributed by atoms with Crippen molar-refractivity contribution in [3.8, 4) is 0 Å². The molecule has 0 amide bonds. The number of hydrogen-bond acceptors (Lipinski definition) is 7. The van der Waals surface area contributed by atoms with Gasteiger partial charge in [0.05, 0.1) is 20.6 Å². The molecule has 0 rings (SSSR count). The van der Waals surface area contributed by atoms with E-state index in [2.05, 4.69) is 4.18 Å². The van der Waals surface area contributed by atoms with Crippen molar-refractivity contribution in [3.05, 3.63) is 0 Å². The summed E-state index contributed by atoms with van der Waals surface area (Å²) in [6, 6.07) is 0. The van der Waals surface area contributed by atoms with Crippen LogP contribution in [0.1, 0.15) is 34.1 Å². The Morgan fingerprint density at radius 2 is 1.91 bits per heavy atom. The van der Waals surface area contributed by atoms with Crippen LogP contribution >= 0.6 is 7.77 Å². The maximum absolute atomic E-state index is 12.3. The lowest BCUT2D eigenvalue weighted by atomic mass is 9.94. The fraction of sp³-hybridized carbons (Fsp3) is 0.846. The molecule has 0 radical (unpaired) electrons. The molecule has 0 fully saturated rings. The molecule has 0 saturated carbocycles. The lowest BCUT2D eigenvalue weighted by Crippen LogP contribution is -2.46. The van der Waals surface area contributed by atoms with Gasteiger partial charge in [0.25, 0.3) is 10.1 Å². The van der Waals surface area contributed by atoms with Crippen LogP contribution in [0.5, 0.6) is 0 Å². The van der Waals surface area contributed by atoms with Crippen LogP contribution in [0.4, 0.5) is 0 Å². The Balaban J connectivity index is 5.46. The zero-order valence-electron chi connectivity index (χ0n) is 13.7. The van der Waals surface area contributed by atoms with Gasteiger partial charge in [-0.05, 0) is 26.2 Å². The molecule has 0 aromatic carbocycles. The summed E-state index contributed by atoms with van der Waals surface area (Å²) >= 11 is 0. The third-order valence-corrected chi connectivity index (χ3v) is 4.29. The van der Waals surface area contributed by atoms with E-state index in [4.69, 9.17) is 9.47 Å². The molecule has 2 unspecified atom stereocenters. The highest BCUT2D eigenvalue weighted by atomic mass is 32.2. The summed E-state index contributed by atoms with van der Waals surface area (Å²) < 4.78 is 37.0. The van der Waals surface area contributed by atoms with E-state index >= 15 is 0 Å². The largest absolute Gasteiger partial charge is 0.629 e. The van der Waals surface area contributed by atoms with Crippen LogP contribution in [-0.4, -0.2) is 51.6 Å². The lowest BCUT2D eigenvalue weighted by molar-refractivity contribution is -0.165. The van der Waals surface area contributed by atoms with Crippen LogP contribution in [-0.2, 0) is 28.6 Å². The fourth-order valence-electron chi connectivity index (χ4n) is 1.88. The van der Waals surface area contributed by atoms with E-state index < -0.39 is 35.8 Å². The van der Waals surface area contributed by atoms with Gasteiger partial charge in [0.15, 0.2) is 0 Å². The molecule has 0 aromatic heterocycles. The summed E-state index contributed by atoms with van der Waals surface area (Å²) in [5.74, 6) is 0.648. The summed E-state index contributed by atoms with van der Waals surface area (Å²) in [6.45, 7) is 7.54. The Morgan fingerprint density at radius 1 is 1.32 bits per heavy atom. The summed E-state index contributed by atoms with van der Waals surface area (Å²) in [6.07, 6.45) is 0.617. The quantitative estimate of drug-likeness (QED) is 0.325. The number of hydrogen-bond donors (Lipinski definition) is 0. The standard InChI is InChI=1S/C13H25O7PS/c1-6-18-12(14)13(19-7-2,8-11(3)4)9-21(15)10-20-22(5,16)17/h9,11H,6-8,10H2,1-5H3. The predicted molar refractivity (Wildman–Crippen MR) is 84.2 cm³/mol. The number of esters is 1. The highest BCUT2D eigenvalue weighted by molar-refractivity contribution is 7.86. The molecule has 22 heavy (non-hydrogen) atoms. The van der Waals surface area contributed by atoms with Gasteiger partial charge in [-0.1, -0.05) is 13.8 Å². The van der Waals surface area contributed by atoms with E-state index in [1.807, 2.05) is 13.8 Å². The Bertz CT molecular complexity index is 487. The van der Waals surface area contributed by atoms with Gasteiger partial charge in [-0.2, -0.15) is 8.42 Å². The zero-order chi connectivity index (χ0) is 17.4. The van der Waals surface area contributed by atoms with Crippen LogP contribution < -0.4 is 4.89 Å². The molecule has 2 atom stereocenters. The lowest BCUT2D eigenvalue weighted by Gasteiger charge is -2.28. The second-order valence-corrected chi connectivity index (χ2v) is 8.13. The van der Waals surface area contributed by atoms with Crippen molar-refractivity contribution < 1.29 is 31.8 Å². The van der Waals surface area contributed by atoms with E-state index in [1.165, 1.54) is 5.80 Å². The first-order valence-corrected chi connectivity index (χ1v) is 10.3. The maximum Gasteiger partial charge on any atom is 0.346 e. The minimum absolute atomic E-state index is 0.0754. The molecule has 0 aliphatic carbocycles. The van der Waals surface area contributed by atoms with Crippen LogP contribution in [0.25, 0.3) is 0 Å². The molecule has 130 valence electrons. The van der Waals surface area contributed by atoms with Gasteiger partial charge < -0.3 is 14.4 Å². The number of carbonyl (C=O) groups is 1. The smallest absolute Gasteiger partial charge is 0.346 e. The molecule has 9 heteroatoms. The molecule has 0 N–H and O–H groups in total. The van der Waals surface area contributed by atoms with E-state index in [9.17, 15) is 18.1 Å². The second kappa shape index (κ2) is 9.57. The van der Waals surface area contributed by atoms with E-state index in [0.717, 1.165) is 6.26 Å². The second-order valence-electron chi connectivity index (χ2n) is 5.14. The third kappa shape index (κ3) is 8.19. The highest BCUT2D eigenvalue weighted by Gasteiger charge is 2.42. The van der Waals surface area contributed by atoms with E-state index in [-0.39, 0.29) is 25.6 Å². The highest BCUT2D eigenvalue weighted by Crippen LogP contribution is 2.27. The summed E-state index contributed by atoms with van der Waals surface area (Å²) in [5.41, 5.74) is -1.47. The summed E-state index contributed by atoms with van der Waals surface area (Å²) in [7, 11) is -5.92. The number of carbonyl (C=O) groups excluding carboxylic acids is 1. The van der Waals surface area contributed by atoms with Crippen LogP contribution in [0.15, 0.2) is 0 Å². The topological polar surface area (TPSA) is 102 Å². The van der Waals surface area contributed by atoms with Crippen molar-refractivity contribution in [3.63, 3.8) is 0 Å². The van der Waals surface area contributed by atoms with E-state index in [1.54, 1.807) is 13.8 Å². The summed E-state index contributed by atoms with van der Waals surface area (Å²) in [5, 5.41) is 0. The predicted octanol–water partition coefficient (Wildman–Crippen LogP) is 0.864. The summed E-state index contributed by atoms with van der Waals surface area (Å²) in [4.78, 5) is 24.3. The molecular formula is C13H25O7PS. The van der Waals surface area contributed by atoms with Gasteiger partial charge in [-0.25, -0.2) is 8.98 Å². The Morgan fingerprint density at radius 3 is 2.32 bits per heavy atom. The van der Waals surface area contributed by atoms with Crippen molar-refractivity contribution in [1.29, 1.82) is 0 Å². The maximum atomic E-state index is 12.3. The van der Waals surface area contributed by atoms with Crippen LogP contribution in [0.3, 0.4) is 0 Å². The molecule has 7 nitrogen and oxygen atoms in total.